The van der Waals surface area contributed by atoms with E-state index < -0.39 is 23.8 Å². The summed E-state index contributed by atoms with van der Waals surface area (Å²) in [5, 5.41) is 34.7. The summed E-state index contributed by atoms with van der Waals surface area (Å²) in [6.07, 6.45) is 0.214. The molecule has 2 heterocycles. The van der Waals surface area contributed by atoms with Crippen LogP contribution in [0.15, 0.2) is 59.1 Å². The largest absolute Gasteiger partial charge is 0.490 e. The molecule has 1 saturated heterocycles. The van der Waals surface area contributed by atoms with Crippen LogP contribution < -0.4 is 4.74 Å². The summed E-state index contributed by atoms with van der Waals surface area (Å²) < 4.78 is 11.3. The first-order valence-electron chi connectivity index (χ1n) is 13.0. The van der Waals surface area contributed by atoms with Gasteiger partial charge in [-0.2, -0.15) is 10.2 Å². The summed E-state index contributed by atoms with van der Waals surface area (Å²) in [6, 6.07) is 19.0. The lowest BCUT2D eigenvalue weighted by Crippen LogP contribution is -2.46. The number of hydrogen-bond donors (Lipinski definition) is 2. The third kappa shape index (κ3) is 5.37. The van der Waals surface area contributed by atoms with Gasteiger partial charge in [0.25, 0.3) is 5.89 Å². The van der Waals surface area contributed by atoms with E-state index in [1.807, 2.05) is 55.1 Å². The predicted molar refractivity (Wildman–Crippen MR) is 145 cm³/mol. The van der Waals surface area contributed by atoms with E-state index in [1.54, 1.807) is 18.2 Å². The summed E-state index contributed by atoms with van der Waals surface area (Å²) in [6.45, 7) is 4.93. The molecule has 5 rings (SSSR count). The van der Waals surface area contributed by atoms with E-state index in [0.29, 0.717) is 35.8 Å². The number of piperidine rings is 1. The van der Waals surface area contributed by atoms with Gasteiger partial charge in [0.2, 0.25) is 5.82 Å². The summed E-state index contributed by atoms with van der Waals surface area (Å²) in [5.74, 6) is -2.84. The van der Waals surface area contributed by atoms with Gasteiger partial charge in [0.1, 0.15) is 11.8 Å². The molecule has 0 saturated carbocycles. The number of aliphatic carboxylic acids is 2. The smallest absolute Gasteiger partial charge is 0.308 e. The van der Waals surface area contributed by atoms with Crippen LogP contribution in [0.2, 0.25) is 0 Å². The van der Waals surface area contributed by atoms with Gasteiger partial charge in [-0.3, -0.25) is 14.5 Å². The molecule has 204 valence electrons. The average Bonchev–Trinajstić information content (AvgIpc) is 3.43. The highest BCUT2D eigenvalue weighted by Gasteiger charge is 2.38. The molecule has 2 unspecified atom stereocenters. The van der Waals surface area contributed by atoms with E-state index in [-0.39, 0.29) is 25.0 Å². The minimum absolute atomic E-state index is 0.0700. The molecule has 2 N–H and O–H groups in total. The first-order chi connectivity index (χ1) is 19.2. The van der Waals surface area contributed by atoms with Gasteiger partial charge in [0, 0.05) is 24.2 Å². The first-order valence-corrected chi connectivity index (χ1v) is 13.0. The van der Waals surface area contributed by atoms with Crippen LogP contribution in [0.5, 0.6) is 5.75 Å². The van der Waals surface area contributed by atoms with E-state index >= 15 is 0 Å². The van der Waals surface area contributed by atoms with Gasteiger partial charge in [-0.1, -0.05) is 41.6 Å². The van der Waals surface area contributed by atoms with E-state index in [1.165, 1.54) is 0 Å². The zero-order chi connectivity index (χ0) is 28.4. The van der Waals surface area contributed by atoms with Crippen LogP contribution >= 0.6 is 0 Å². The summed E-state index contributed by atoms with van der Waals surface area (Å²) in [4.78, 5) is 29.9. The van der Waals surface area contributed by atoms with Crippen molar-refractivity contribution in [3.05, 3.63) is 65.7 Å². The number of rotatable bonds is 8. The minimum atomic E-state index is -1.09. The third-order valence-electron chi connectivity index (χ3n) is 7.12. The van der Waals surface area contributed by atoms with Crippen molar-refractivity contribution in [1.29, 1.82) is 5.26 Å². The topological polar surface area (TPSA) is 150 Å². The summed E-state index contributed by atoms with van der Waals surface area (Å²) in [5.41, 5.74) is 2.73. The number of nitriles is 1. The molecule has 2 atom stereocenters. The van der Waals surface area contributed by atoms with Crippen LogP contribution in [-0.4, -0.2) is 56.4 Å². The van der Waals surface area contributed by atoms with Crippen LogP contribution in [0.1, 0.15) is 31.4 Å². The van der Waals surface area contributed by atoms with Gasteiger partial charge in [0.15, 0.2) is 0 Å². The highest BCUT2D eigenvalue weighted by molar-refractivity contribution is 5.97. The maximum atomic E-state index is 11.7. The fourth-order valence-electron chi connectivity index (χ4n) is 5.20. The Morgan fingerprint density at radius 2 is 1.85 bits per heavy atom. The van der Waals surface area contributed by atoms with E-state index in [2.05, 4.69) is 16.2 Å². The Kier molecular flexibility index (Phi) is 7.49. The summed E-state index contributed by atoms with van der Waals surface area (Å²) >= 11 is 0. The van der Waals surface area contributed by atoms with Crippen LogP contribution in [-0.2, 0) is 16.1 Å². The number of hydrogen-bond acceptors (Lipinski definition) is 8. The fourth-order valence-corrected chi connectivity index (χ4v) is 5.20. The molecule has 10 heteroatoms. The average molecular weight is 541 g/mol. The molecule has 0 radical (unpaired) electrons. The molecule has 1 aliphatic rings. The molecular weight excluding hydrogens is 512 g/mol. The van der Waals surface area contributed by atoms with Gasteiger partial charge >= 0.3 is 11.9 Å². The molecular formula is C30H28N4O6. The maximum absolute atomic E-state index is 11.7. The van der Waals surface area contributed by atoms with Crippen molar-refractivity contribution in [2.75, 3.05) is 13.1 Å². The Bertz CT molecular complexity index is 1620. The van der Waals surface area contributed by atoms with Crippen molar-refractivity contribution >= 4 is 22.7 Å². The Balaban J connectivity index is 1.43. The van der Waals surface area contributed by atoms with Crippen molar-refractivity contribution in [2.45, 2.75) is 32.9 Å². The first kappa shape index (κ1) is 26.8. The molecule has 3 aromatic carbocycles. The SMILES string of the molecule is CC(C)Oc1ccc(-c2nc(-c3ccc(CN4CCC(C(=O)O)C(C(=O)O)C4)c4ccccc34)no2)cc1C#N. The summed E-state index contributed by atoms with van der Waals surface area (Å²) in [7, 11) is 0. The number of carbonyl (C=O) groups is 2. The molecule has 0 bridgehead atoms. The molecule has 0 spiro atoms. The molecule has 40 heavy (non-hydrogen) atoms. The number of ether oxygens (including phenoxy) is 1. The molecule has 1 aromatic heterocycles. The predicted octanol–water partition coefficient (Wildman–Crippen LogP) is 4.82. The lowest BCUT2D eigenvalue weighted by atomic mass is 9.85. The third-order valence-corrected chi connectivity index (χ3v) is 7.12. The van der Waals surface area contributed by atoms with Crippen LogP contribution in [0.4, 0.5) is 0 Å². The van der Waals surface area contributed by atoms with Crippen LogP contribution in [0.25, 0.3) is 33.6 Å². The molecule has 1 fully saturated rings. The second-order valence-electron chi connectivity index (χ2n) is 10.1. The lowest BCUT2D eigenvalue weighted by molar-refractivity contribution is -0.157. The second kappa shape index (κ2) is 11.2. The monoisotopic (exact) mass is 540 g/mol. The highest BCUT2D eigenvalue weighted by atomic mass is 16.5. The van der Waals surface area contributed by atoms with Gasteiger partial charge in [-0.05, 0) is 61.3 Å². The maximum Gasteiger partial charge on any atom is 0.308 e. The quantitative estimate of drug-likeness (QED) is 0.318. The molecule has 0 aliphatic carbocycles. The number of carboxylic acid groups (broad SMARTS) is 2. The van der Waals surface area contributed by atoms with E-state index in [4.69, 9.17) is 9.26 Å². The molecule has 10 nitrogen and oxygen atoms in total. The Labute approximate surface area is 230 Å². The van der Waals surface area contributed by atoms with Gasteiger partial charge in [-0.15, -0.1) is 0 Å². The van der Waals surface area contributed by atoms with Crippen LogP contribution in [0.3, 0.4) is 0 Å². The van der Waals surface area contributed by atoms with Crippen molar-refractivity contribution in [3.8, 4) is 34.7 Å². The van der Waals surface area contributed by atoms with Crippen molar-refractivity contribution < 1.29 is 29.1 Å². The number of nitrogens with zero attached hydrogens (tertiary/aromatic N) is 4. The standard InChI is InChI=1S/C30H28N4O6/c1-17(2)39-26-10-8-18(13-20(26)14-31)28-32-27(33-40-28)23-9-7-19(21-5-3-4-6-22(21)23)15-34-12-11-24(29(35)36)25(16-34)30(37)38/h3-10,13,17,24-25H,11-12,15-16H2,1-2H3,(H,35,36)(H,37,38). The minimum Gasteiger partial charge on any atom is -0.490 e. The van der Waals surface area contributed by atoms with Crippen molar-refractivity contribution in [1.82, 2.24) is 15.0 Å². The zero-order valence-corrected chi connectivity index (χ0v) is 22.1. The molecule has 4 aromatic rings. The lowest BCUT2D eigenvalue weighted by Gasteiger charge is -2.34. The highest BCUT2D eigenvalue weighted by Crippen LogP contribution is 2.33. The van der Waals surface area contributed by atoms with Crippen molar-refractivity contribution in [3.63, 3.8) is 0 Å². The Hall–Kier alpha value is -4.75. The second-order valence-corrected chi connectivity index (χ2v) is 10.1. The Morgan fingerprint density at radius 1 is 1.10 bits per heavy atom. The number of fused-ring (bicyclic) bond motifs is 1. The van der Waals surface area contributed by atoms with Gasteiger partial charge < -0.3 is 19.5 Å². The Morgan fingerprint density at radius 3 is 2.55 bits per heavy atom. The van der Waals surface area contributed by atoms with Gasteiger partial charge in [0.05, 0.1) is 23.5 Å². The molecule has 0 amide bonds. The number of aromatic nitrogens is 2. The number of carboxylic acids is 2. The van der Waals surface area contributed by atoms with Crippen molar-refractivity contribution in [2.24, 2.45) is 11.8 Å². The number of benzene rings is 3. The van der Waals surface area contributed by atoms with E-state index in [9.17, 15) is 25.1 Å². The fraction of sp³-hybridized carbons (Fsp3) is 0.300. The van der Waals surface area contributed by atoms with Crippen LogP contribution in [0, 0.1) is 23.2 Å². The molecule has 1 aliphatic heterocycles. The van der Waals surface area contributed by atoms with Gasteiger partial charge in [-0.25, -0.2) is 0 Å². The zero-order valence-electron chi connectivity index (χ0n) is 22.1. The number of likely N-dealkylation sites (tertiary alicyclic amines) is 1. The van der Waals surface area contributed by atoms with E-state index in [0.717, 1.165) is 21.9 Å². The normalized spacial score (nSPS) is 17.6.